The Balaban J connectivity index is 1.87. The fraction of sp³-hybridized carbons (Fsp3) is 0.391. The van der Waals surface area contributed by atoms with Gasteiger partial charge in [-0.3, -0.25) is 13.8 Å². The molecule has 1 aliphatic rings. The summed E-state index contributed by atoms with van der Waals surface area (Å²) in [5, 5.41) is 2.69. The van der Waals surface area contributed by atoms with E-state index in [1.54, 1.807) is 25.1 Å². The molecule has 1 heterocycles. The van der Waals surface area contributed by atoms with E-state index in [0.29, 0.717) is 40.6 Å². The minimum Gasteiger partial charge on any atom is -0.348 e. The summed E-state index contributed by atoms with van der Waals surface area (Å²) in [5.74, 6) is -0.644. The molecule has 1 saturated heterocycles. The van der Waals surface area contributed by atoms with Crippen LogP contribution in [0.3, 0.4) is 0 Å². The number of nitrogens with one attached hydrogen (secondary N) is 1. The summed E-state index contributed by atoms with van der Waals surface area (Å²) in [6.07, 6.45) is -3.08. The fourth-order valence-corrected chi connectivity index (χ4v) is 5.17. The zero-order valence-corrected chi connectivity index (χ0v) is 20.6. The molecule has 184 valence electrons. The van der Waals surface area contributed by atoms with Crippen molar-refractivity contribution >= 4 is 45.8 Å². The van der Waals surface area contributed by atoms with Gasteiger partial charge in [0.05, 0.1) is 16.4 Å². The van der Waals surface area contributed by atoms with Crippen LogP contribution in [0.25, 0.3) is 0 Å². The Bertz CT molecular complexity index is 1130. The van der Waals surface area contributed by atoms with Crippen molar-refractivity contribution in [2.75, 3.05) is 12.3 Å². The van der Waals surface area contributed by atoms with E-state index in [4.69, 9.17) is 23.2 Å². The van der Waals surface area contributed by atoms with Gasteiger partial charge >= 0.3 is 6.18 Å². The molecule has 0 saturated carbocycles. The predicted molar refractivity (Wildman–Crippen MR) is 125 cm³/mol. The smallest absolute Gasteiger partial charge is 0.348 e. The molecule has 1 N–H and O–H groups in total. The predicted octanol–water partition coefficient (Wildman–Crippen LogP) is 5.58. The van der Waals surface area contributed by atoms with Crippen molar-refractivity contribution in [2.45, 2.75) is 50.3 Å². The molecular weight excluding hydrogens is 512 g/mol. The van der Waals surface area contributed by atoms with E-state index in [1.165, 1.54) is 11.0 Å². The summed E-state index contributed by atoms with van der Waals surface area (Å²) in [5.41, 5.74) is -1.06. The van der Waals surface area contributed by atoms with Crippen LogP contribution in [0.1, 0.15) is 53.2 Å². The van der Waals surface area contributed by atoms with Crippen LogP contribution in [-0.2, 0) is 34.9 Å². The third-order valence-corrected chi connectivity index (χ3v) is 7.49. The zero-order chi connectivity index (χ0) is 25.0. The maximum absolute atomic E-state index is 13.9. The van der Waals surface area contributed by atoms with Gasteiger partial charge < -0.3 is 10.2 Å². The molecule has 1 unspecified atom stereocenters. The van der Waals surface area contributed by atoms with Crippen LogP contribution < -0.4 is 5.32 Å². The molecule has 5 nitrogen and oxygen atoms in total. The highest BCUT2D eigenvalue weighted by Crippen LogP contribution is 2.37. The largest absolute Gasteiger partial charge is 0.416 e. The van der Waals surface area contributed by atoms with Gasteiger partial charge in [0.15, 0.2) is 0 Å². The number of carbonyl (C=O) groups is 2. The van der Waals surface area contributed by atoms with Crippen LogP contribution in [0, 0.1) is 0 Å². The van der Waals surface area contributed by atoms with Gasteiger partial charge in [-0.25, -0.2) is 0 Å². The number of nitrogens with zero attached hydrogens (tertiary/aromatic N) is 1. The quantitative estimate of drug-likeness (QED) is 0.504. The Labute approximate surface area is 208 Å². The first-order chi connectivity index (χ1) is 16.0. The lowest BCUT2D eigenvalue weighted by atomic mass is 10.0. The van der Waals surface area contributed by atoms with E-state index in [-0.39, 0.29) is 41.6 Å². The Hall–Kier alpha value is -2.10. The molecule has 1 atom stereocenters. The minimum atomic E-state index is -4.77. The molecule has 0 radical (unpaired) electrons. The van der Waals surface area contributed by atoms with Gasteiger partial charge in [0.25, 0.3) is 5.91 Å². The van der Waals surface area contributed by atoms with Crippen molar-refractivity contribution in [1.29, 1.82) is 0 Å². The molecule has 11 heteroatoms. The average molecular weight is 535 g/mol. The van der Waals surface area contributed by atoms with Gasteiger partial charge in [-0.2, -0.15) is 13.2 Å². The number of alkyl halides is 3. The van der Waals surface area contributed by atoms with Crippen molar-refractivity contribution in [3.63, 3.8) is 0 Å². The summed E-state index contributed by atoms with van der Waals surface area (Å²) >= 11 is 12.2. The van der Waals surface area contributed by atoms with Crippen molar-refractivity contribution in [3.05, 3.63) is 62.6 Å². The second-order valence-electron chi connectivity index (χ2n) is 7.82. The second-order valence-corrected chi connectivity index (χ2v) is 10.4. The van der Waals surface area contributed by atoms with Crippen molar-refractivity contribution in [3.8, 4) is 0 Å². The first-order valence-electron chi connectivity index (χ1n) is 10.6. The lowest BCUT2D eigenvalue weighted by Crippen LogP contribution is -2.35. The van der Waals surface area contributed by atoms with Crippen LogP contribution in [0.15, 0.2) is 35.2 Å². The van der Waals surface area contributed by atoms with Gasteiger partial charge in [0.1, 0.15) is 0 Å². The fourth-order valence-electron chi connectivity index (χ4n) is 3.74. The molecule has 34 heavy (non-hydrogen) atoms. The third-order valence-electron chi connectivity index (χ3n) is 5.50. The lowest BCUT2D eigenvalue weighted by Gasteiger charge is -2.28. The normalized spacial score (nSPS) is 15.4. The average Bonchev–Trinajstić information content (AvgIpc) is 2.78. The number of hydrogen-bond donors (Lipinski definition) is 1. The van der Waals surface area contributed by atoms with Gasteiger partial charge in [-0.15, -0.1) is 0 Å². The van der Waals surface area contributed by atoms with Crippen molar-refractivity contribution in [2.24, 2.45) is 0 Å². The molecule has 1 aliphatic heterocycles. The third kappa shape index (κ3) is 6.31. The molecule has 3 rings (SSSR count). The Morgan fingerprint density at radius 3 is 2.56 bits per heavy atom. The summed E-state index contributed by atoms with van der Waals surface area (Å²) < 4.78 is 53.8. The van der Waals surface area contributed by atoms with E-state index in [9.17, 15) is 27.0 Å². The summed E-state index contributed by atoms with van der Waals surface area (Å²) in [7, 11) is -1.31. The zero-order valence-electron chi connectivity index (χ0n) is 18.3. The highest BCUT2D eigenvalue weighted by Gasteiger charge is 2.36. The van der Waals surface area contributed by atoms with Gasteiger partial charge in [0.2, 0.25) is 5.91 Å². The van der Waals surface area contributed by atoms with Gasteiger partial charge in [0, 0.05) is 57.9 Å². The van der Waals surface area contributed by atoms with Crippen LogP contribution >= 0.6 is 23.2 Å². The van der Waals surface area contributed by atoms with E-state index >= 15 is 0 Å². The topological polar surface area (TPSA) is 66.5 Å². The second kappa shape index (κ2) is 11.1. The highest BCUT2D eigenvalue weighted by atomic mass is 35.5. The Morgan fingerprint density at radius 2 is 1.91 bits per heavy atom. The molecule has 2 aromatic carbocycles. The van der Waals surface area contributed by atoms with E-state index in [0.717, 1.165) is 6.07 Å². The number of hydrogen-bond acceptors (Lipinski definition) is 3. The van der Waals surface area contributed by atoms with Crippen LogP contribution in [0.5, 0.6) is 0 Å². The lowest BCUT2D eigenvalue weighted by molar-refractivity contribution is -0.140. The molecule has 2 amide bonds. The van der Waals surface area contributed by atoms with E-state index < -0.39 is 28.4 Å². The first kappa shape index (κ1) is 26.5. The maximum Gasteiger partial charge on any atom is 0.416 e. The molecule has 0 spiro atoms. The van der Waals surface area contributed by atoms with Crippen molar-refractivity contribution < 1.29 is 27.0 Å². The van der Waals surface area contributed by atoms with Gasteiger partial charge in [-0.05, 0) is 48.7 Å². The Morgan fingerprint density at radius 1 is 1.18 bits per heavy atom. The van der Waals surface area contributed by atoms with E-state index in [2.05, 4.69) is 5.32 Å². The molecule has 2 aromatic rings. The summed E-state index contributed by atoms with van der Waals surface area (Å²) in [4.78, 5) is 26.7. The number of benzene rings is 2. The molecule has 1 fully saturated rings. The summed E-state index contributed by atoms with van der Waals surface area (Å²) in [6, 6.07) is 6.64. The number of rotatable bonds is 7. The minimum absolute atomic E-state index is 0.0799. The molecular formula is C23H23Cl2F3N2O3S. The van der Waals surface area contributed by atoms with E-state index in [1.807, 2.05) is 0 Å². The number of piperidine rings is 1. The van der Waals surface area contributed by atoms with Crippen LogP contribution in [-0.4, -0.2) is 33.2 Å². The Kier molecular flexibility index (Phi) is 8.65. The van der Waals surface area contributed by atoms with Crippen LogP contribution in [0.2, 0.25) is 10.0 Å². The van der Waals surface area contributed by atoms with Crippen LogP contribution in [0.4, 0.5) is 13.2 Å². The SMILES string of the molecule is CCS(=O)c1ccc(Cl)cc1CNC(=O)c1cc(Cl)c(CN2CCCCC2=O)c(C(F)(F)F)c1. The number of carbonyl (C=O) groups excluding carboxylic acids is 2. The molecule has 0 bridgehead atoms. The highest BCUT2D eigenvalue weighted by molar-refractivity contribution is 7.85. The van der Waals surface area contributed by atoms with Crippen molar-refractivity contribution in [1.82, 2.24) is 10.2 Å². The maximum atomic E-state index is 13.9. The standard InChI is InChI=1S/C23H23Cl2F3N2O3S/c1-2-34(33)20-7-6-16(24)9-15(20)12-29-22(32)14-10-18(23(26,27)28)17(19(25)11-14)13-30-8-4-3-5-21(30)31/h6-7,9-11H,2-5,8,12-13H2,1H3,(H,29,32). The van der Waals surface area contributed by atoms with Gasteiger partial charge in [-0.1, -0.05) is 30.1 Å². The number of likely N-dealkylation sites (tertiary alicyclic amines) is 1. The number of halogens is 5. The molecule has 0 aliphatic carbocycles. The number of amides is 2. The molecule has 0 aromatic heterocycles. The summed E-state index contributed by atoms with van der Waals surface area (Å²) in [6.45, 7) is 1.75. The first-order valence-corrected chi connectivity index (χ1v) is 12.7. The monoisotopic (exact) mass is 534 g/mol.